The first kappa shape index (κ1) is 29.4. The smallest absolute Gasteiger partial charge is 0.408 e. The standard InChI is InChI=1S/C17H36N4O5S.HI/c1-8-18-14(19-9-10-25-11-12-27(7,23)24)20-13-17(5,6)21-15(22)26-16(2,3)4;/h8-13H2,1-7H3,(H,21,22)(H2,18,19,20);1H. The van der Waals surface area contributed by atoms with E-state index in [4.69, 9.17) is 9.47 Å². The number of aliphatic imine (C=N–C) groups is 1. The van der Waals surface area contributed by atoms with Gasteiger partial charge in [-0.15, -0.1) is 24.0 Å². The van der Waals surface area contributed by atoms with Crippen molar-refractivity contribution in [3.05, 3.63) is 0 Å². The van der Waals surface area contributed by atoms with E-state index in [-0.39, 0.29) is 36.3 Å². The molecule has 28 heavy (non-hydrogen) atoms. The van der Waals surface area contributed by atoms with Gasteiger partial charge in [0.15, 0.2) is 5.96 Å². The zero-order valence-corrected chi connectivity index (χ0v) is 21.2. The zero-order chi connectivity index (χ0) is 21.1. The highest BCUT2D eigenvalue weighted by molar-refractivity contribution is 14.0. The molecule has 0 unspecified atom stereocenters. The molecule has 0 bridgehead atoms. The Morgan fingerprint density at radius 3 is 2.18 bits per heavy atom. The van der Waals surface area contributed by atoms with Crippen LogP contribution in [0.3, 0.4) is 0 Å². The van der Waals surface area contributed by atoms with Crippen LogP contribution in [0.1, 0.15) is 41.5 Å². The summed E-state index contributed by atoms with van der Waals surface area (Å²) < 4.78 is 32.6. The Balaban J connectivity index is 0. The van der Waals surface area contributed by atoms with Gasteiger partial charge < -0.3 is 25.4 Å². The Morgan fingerprint density at radius 1 is 1.07 bits per heavy atom. The van der Waals surface area contributed by atoms with E-state index in [0.29, 0.717) is 32.2 Å². The summed E-state index contributed by atoms with van der Waals surface area (Å²) in [6.07, 6.45) is 0.692. The molecule has 0 aromatic carbocycles. The third-order valence-electron chi connectivity index (χ3n) is 2.95. The maximum absolute atomic E-state index is 11.9. The molecule has 0 saturated carbocycles. The van der Waals surface area contributed by atoms with Crippen molar-refractivity contribution in [1.29, 1.82) is 0 Å². The van der Waals surface area contributed by atoms with E-state index in [9.17, 15) is 13.2 Å². The molecule has 0 aliphatic rings. The van der Waals surface area contributed by atoms with Gasteiger partial charge in [0.2, 0.25) is 0 Å². The monoisotopic (exact) mass is 536 g/mol. The molecule has 0 aromatic rings. The molecule has 0 radical (unpaired) electrons. The van der Waals surface area contributed by atoms with Crippen molar-refractivity contribution >= 4 is 45.9 Å². The number of halogens is 1. The fraction of sp³-hybridized carbons (Fsp3) is 0.882. The van der Waals surface area contributed by atoms with E-state index in [1.807, 2.05) is 41.5 Å². The molecule has 3 N–H and O–H groups in total. The lowest BCUT2D eigenvalue weighted by atomic mass is 10.1. The highest BCUT2D eigenvalue weighted by Crippen LogP contribution is 2.09. The van der Waals surface area contributed by atoms with Crippen molar-refractivity contribution in [1.82, 2.24) is 16.0 Å². The number of ether oxygens (including phenoxy) is 2. The first-order chi connectivity index (χ1) is 12.2. The fourth-order valence-corrected chi connectivity index (χ4v) is 2.21. The predicted molar refractivity (Wildman–Crippen MR) is 123 cm³/mol. The molecule has 0 fully saturated rings. The van der Waals surface area contributed by atoms with Gasteiger partial charge in [-0.3, -0.25) is 4.99 Å². The number of rotatable bonds is 10. The van der Waals surface area contributed by atoms with Crippen molar-refractivity contribution < 1.29 is 22.7 Å². The summed E-state index contributed by atoms with van der Waals surface area (Å²) in [7, 11) is -3.01. The second kappa shape index (κ2) is 13.4. The van der Waals surface area contributed by atoms with Crippen LogP contribution in [0, 0.1) is 0 Å². The molecule has 0 aliphatic heterocycles. The minimum absolute atomic E-state index is 0. The van der Waals surface area contributed by atoms with Gasteiger partial charge in [0.05, 0.1) is 31.1 Å². The first-order valence-electron chi connectivity index (χ1n) is 9.03. The van der Waals surface area contributed by atoms with Crippen LogP contribution in [0.15, 0.2) is 4.99 Å². The summed E-state index contributed by atoms with van der Waals surface area (Å²) in [6.45, 7) is 13.1. The molecular formula is C17H37IN4O5S. The number of sulfone groups is 1. The molecule has 0 aromatic heterocycles. The lowest BCUT2D eigenvalue weighted by molar-refractivity contribution is 0.0476. The van der Waals surface area contributed by atoms with Crippen molar-refractivity contribution in [2.45, 2.75) is 52.7 Å². The number of hydrogen-bond acceptors (Lipinski definition) is 6. The highest BCUT2D eigenvalue weighted by atomic mass is 127. The van der Waals surface area contributed by atoms with Crippen LogP contribution in [0.5, 0.6) is 0 Å². The van der Waals surface area contributed by atoms with Crippen LogP contribution in [0.25, 0.3) is 0 Å². The van der Waals surface area contributed by atoms with Crippen LogP contribution in [0.4, 0.5) is 4.79 Å². The van der Waals surface area contributed by atoms with Crippen LogP contribution < -0.4 is 16.0 Å². The predicted octanol–water partition coefficient (Wildman–Crippen LogP) is 1.52. The first-order valence-corrected chi connectivity index (χ1v) is 11.1. The van der Waals surface area contributed by atoms with Gasteiger partial charge in [0, 0.05) is 19.3 Å². The van der Waals surface area contributed by atoms with E-state index in [1.54, 1.807) is 0 Å². The second-order valence-corrected chi connectivity index (χ2v) is 10.1. The number of guanidine groups is 1. The topological polar surface area (TPSA) is 118 Å². The lowest BCUT2D eigenvalue weighted by Gasteiger charge is -2.27. The van der Waals surface area contributed by atoms with Crippen LogP contribution in [-0.4, -0.2) is 76.5 Å². The Labute approximate surface area is 186 Å². The number of hydrogen-bond donors (Lipinski definition) is 3. The SMILES string of the molecule is CCNC(=NCC(C)(C)NC(=O)OC(C)(C)C)NCCOCCS(C)(=O)=O.I. The number of carbonyl (C=O) groups is 1. The van der Waals surface area contributed by atoms with Gasteiger partial charge in [-0.25, -0.2) is 13.2 Å². The Kier molecular flexibility index (Phi) is 14.1. The maximum atomic E-state index is 11.9. The number of nitrogens with one attached hydrogen (secondary N) is 3. The molecule has 0 rings (SSSR count). The minimum atomic E-state index is -3.01. The fourth-order valence-electron chi connectivity index (χ4n) is 1.79. The summed E-state index contributed by atoms with van der Waals surface area (Å²) in [6, 6.07) is 0. The van der Waals surface area contributed by atoms with Crippen LogP contribution in [-0.2, 0) is 19.3 Å². The van der Waals surface area contributed by atoms with Crippen molar-refractivity contribution in [3.8, 4) is 0 Å². The van der Waals surface area contributed by atoms with Gasteiger partial charge in [0.1, 0.15) is 15.4 Å². The third-order valence-corrected chi connectivity index (χ3v) is 3.86. The normalized spacial score (nSPS) is 12.8. The molecule has 0 atom stereocenters. The van der Waals surface area contributed by atoms with E-state index in [2.05, 4.69) is 20.9 Å². The second-order valence-electron chi connectivity index (χ2n) is 7.87. The van der Waals surface area contributed by atoms with Gasteiger partial charge in [0.25, 0.3) is 0 Å². The number of alkyl carbamates (subject to hydrolysis) is 1. The van der Waals surface area contributed by atoms with Crippen LogP contribution in [0.2, 0.25) is 0 Å². The molecule has 11 heteroatoms. The summed E-state index contributed by atoms with van der Waals surface area (Å²) in [5, 5.41) is 9.01. The van der Waals surface area contributed by atoms with Gasteiger partial charge in [-0.1, -0.05) is 0 Å². The van der Waals surface area contributed by atoms with E-state index in [1.165, 1.54) is 6.26 Å². The Morgan fingerprint density at radius 2 is 1.68 bits per heavy atom. The molecule has 0 heterocycles. The number of nitrogens with zero attached hydrogens (tertiary/aromatic N) is 1. The van der Waals surface area contributed by atoms with Gasteiger partial charge >= 0.3 is 6.09 Å². The maximum Gasteiger partial charge on any atom is 0.408 e. The quantitative estimate of drug-likeness (QED) is 0.168. The molecule has 1 amide bonds. The van der Waals surface area contributed by atoms with E-state index in [0.717, 1.165) is 0 Å². The average Bonchev–Trinajstić information content (AvgIpc) is 2.44. The molecule has 0 saturated heterocycles. The third kappa shape index (κ3) is 18.5. The minimum Gasteiger partial charge on any atom is -0.444 e. The molecule has 9 nitrogen and oxygen atoms in total. The largest absolute Gasteiger partial charge is 0.444 e. The van der Waals surface area contributed by atoms with Crippen molar-refractivity contribution in [3.63, 3.8) is 0 Å². The van der Waals surface area contributed by atoms with Gasteiger partial charge in [-0.05, 0) is 41.5 Å². The zero-order valence-electron chi connectivity index (χ0n) is 18.0. The summed E-state index contributed by atoms with van der Waals surface area (Å²) >= 11 is 0. The lowest BCUT2D eigenvalue weighted by Crippen LogP contribution is -2.49. The number of amides is 1. The van der Waals surface area contributed by atoms with Crippen molar-refractivity contribution in [2.24, 2.45) is 4.99 Å². The Hall–Kier alpha value is -0.820. The molecule has 0 aliphatic carbocycles. The highest BCUT2D eigenvalue weighted by Gasteiger charge is 2.24. The summed E-state index contributed by atoms with van der Waals surface area (Å²) in [5.41, 5.74) is -1.15. The number of carbonyl (C=O) groups excluding carboxylic acids is 1. The van der Waals surface area contributed by atoms with E-state index < -0.39 is 27.1 Å². The van der Waals surface area contributed by atoms with Gasteiger partial charge in [-0.2, -0.15) is 0 Å². The molecule has 168 valence electrons. The summed E-state index contributed by atoms with van der Waals surface area (Å²) in [5.74, 6) is 0.592. The molecular weight excluding hydrogens is 499 g/mol. The average molecular weight is 536 g/mol. The van der Waals surface area contributed by atoms with Crippen molar-refractivity contribution in [2.75, 3.05) is 44.9 Å². The summed E-state index contributed by atoms with van der Waals surface area (Å²) in [4.78, 5) is 16.4. The Bertz CT molecular complexity index is 589. The van der Waals surface area contributed by atoms with E-state index >= 15 is 0 Å². The molecule has 0 spiro atoms. The van der Waals surface area contributed by atoms with Crippen LogP contribution >= 0.6 is 24.0 Å².